The maximum absolute atomic E-state index is 11.0. The molecule has 3 nitrogen and oxygen atoms in total. The maximum atomic E-state index is 11.0. The molecule has 1 aromatic carbocycles. The van der Waals surface area contributed by atoms with Crippen LogP contribution in [-0.4, -0.2) is 7.11 Å². The number of pyridine rings is 1. The molecule has 14 heavy (non-hydrogen) atoms. The van der Waals surface area contributed by atoms with Gasteiger partial charge in [0.05, 0.1) is 16.1 Å². The van der Waals surface area contributed by atoms with Gasteiger partial charge in [0, 0.05) is 6.07 Å². The van der Waals surface area contributed by atoms with Crippen LogP contribution in [0.2, 0.25) is 0 Å². The number of hydrogen-bond acceptors (Lipinski definition) is 2. The van der Waals surface area contributed by atoms with Gasteiger partial charge in [0.25, 0.3) is 0 Å². The second-order valence-electron chi connectivity index (χ2n) is 2.92. The molecule has 2 rings (SSSR count). The highest BCUT2D eigenvalue weighted by atomic mass is 127. The summed E-state index contributed by atoms with van der Waals surface area (Å²) in [5, 5.41) is 13.0. The Kier molecular flexibility index (Phi) is 2.45. The predicted molar refractivity (Wildman–Crippen MR) is 62.2 cm³/mol. The molecule has 72 valence electrons. The van der Waals surface area contributed by atoms with Crippen LogP contribution in [0, 0.1) is 8.78 Å². The van der Waals surface area contributed by atoms with Gasteiger partial charge in [-0.25, -0.2) is 0 Å². The van der Waals surface area contributed by atoms with E-state index >= 15 is 0 Å². The Morgan fingerprint density at radius 1 is 1.36 bits per heavy atom. The van der Waals surface area contributed by atoms with Crippen LogP contribution >= 0.6 is 22.6 Å². The van der Waals surface area contributed by atoms with E-state index in [0.29, 0.717) is 0 Å². The summed E-state index contributed by atoms with van der Waals surface area (Å²) in [5.74, 6) is 0.796. The smallest absolute Gasteiger partial charge is 0.188 e. The minimum absolute atomic E-state index is 0.786. The second kappa shape index (κ2) is 3.61. The van der Waals surface area contributed by atoms with E-state index in [1.54, 1.807) is 13.2 Å². The first-order valence-corrected chi connectivity index (χ1v) is 5.14. The van der Waals surface area contributed by atoms with E-state index in [2.05, 4.69) is 22.6 Å². The van der Waals surface area contributed by atoms with Gasteiger partial charge in [0.2, 0.25) is 0 Å². The van der Waals surface area contributed by atoms with Crippen molar-refractivity contribution in [1.82, 2.24) is 0 Å². The molecule has 1 aromatic heterocycles. The van der Waals surface area contributed by atoms with Gasteiger partial charge in [-0.15, -0.1) is 0 Å². The highest BCUT2D eigenvalue weighted by molar-refractivity contribution is 14.1. The Hall–Kier alpha value is -1.04. The molecule has 0 bridgehead atoms. The van der Waals surface area contributed by atoms with Crippen LogP contribution in [0.3, 0.4) is 0 Å². The summed E-state index contributed by atoms with van der Waals surface area (Å²) in [6.07, 6.45) is 3.03. The third kappa shape index (κ3) is 1.61. The molecule has 2 aromatic rings. The minimum Gasteiger partial charge on any atom is -0.619 e. The number of rotatable bonds is 1. The molecular weight excluding hydrogens is 293 g/mol. The summed E-state index contributed by atoms with van der Waals surface area (Å²) < 4.78 is 7.00. The molecule has 0 aliphatic carbocycles. The first-order valence-electron chi connectivity index (χ1n) is 4.07. The third-order valence-electron chi connectivity index (χ3n) is 2.02. The second-order valence-corrected chi connectivity index (χ2v) is 4.08. The van der Waals surface area contributed by atoms with Crippen molar-refractivity contribution in [3.8, 4) is 5.75 Å². The van der Waals surface area contributed by atoms with Gasteiger partial charge in [0.15, 0.2) is 12.4 Å². The topological polar surface area (TPSA) is 36.2 Å². The normalized spacial score (nSPS) is 10.4. The Balaban J connectivity index is 2.73. The highest BCUT2D eigenvalue weighted by Gasteiger charge is 2.04. The monoisotopic (exact) mass is 301 g/mol. The fraction of sp³-hybridized carbons (Fsp3) is 0.100. The number of methoxy groups -OCH3 is 1. The molecule has 4 heteroatoms. The summed E-state index contributed by atoms with van der Waals surface area (Å²) >= 11 is 2.21. The van der Waals surface area contributed by atoms with E-state index < -0.39 is 0 Å². The van der Waals surface area contributed by atoms with Crippen LogP contribution in [-0.2, 0) is 0 Å². The zero-order valence-electron chi connectivity index (χ0n) is 7.53. The van der Waals surface area contributed by atoms with E-state index in [0.717, 1.165) is 24.8 Å². The molecule has 1 heterocycles. The summed E-state index contributed by atoms with van der Waals surface area (Å²) in [4.78, 5) is 0. The Morgan fingerprint density at radius 3 is 2.86 bits per heavy atom. The molecule has 0 atom stereocenters. The van der Waals surface area contributed by atoms with Crippen LogP contribution in [0.25, 0.3) is 10.8 Å². The fourth-order valence-corrected chi connectivity index (χ4v) is 2.04. The summed E-state index contributed by atoms with van der Waals surface area (Å²) in [5.41, 5.74) is 0. The van der Waals surface area contributed by atoms with Gasteiger partial charge in [-0.2, -0.15) is 4.73 Å². The predicted octanol–water partition coefficient (Wildman–Crippen LogP) is 2.09. The zero-order chi connectivity index (χ0) is 10.1. The number of ether oxygens (including phenoxy) is 1. The number of aromatic nitrogens is 1. The SMILES string of the molecule is COc1cc2c[n+]([O-])ccc2cc1I. The minimum atomic E-state index is 0.786. The standard InChI is InChI=1S/C10H8INO2/c1-14-10-5-8-6-12(13)3-2-7(8)4-9(10)11/h2-6H,1H3. The number of halogens is 1. The lowest BCUT2D eigenvalue weighted by molar-refractivity contribution is -0.603. The first-order chi connectivity index (χ1) is 6.70. The molecule has 0 fully saturated rings. The molecule has 0 radical (unpaired) electrons. The van der Waals surface area contributed by atoms with Crippen LogP contribution < -0.4 is 9.47 Å². The lowest BCUT2D eigenvalue weighted by Gasteiger charge is -2.05. The average molecular weight is 301 g/mol. The van der Waals surface area contributed by atoms with Crippen molar-refractivity contribution in [3.05, 3.63) is 39.4 Å². The molecular formula is C10H8INO2. The van der Waals surface area contributed by atoms with Gasteiger partial charge in [-0.05, 0) is 40.1 Å². The molecule has 0 unspecified atom stereocenters. The van der Waals surface area contributed by atoms with E-state index in [4.69, 9.17) is 4.74 Å². The average Bonchev–Trinajstić information content (AvgIpc) is 2.17. The number of benzene rings is 1. The molecule has 0 spiro atoms. The summed E-state index contributed by atoms with van der Waals surface area (Å²) in [6.45, 7) is 0. The lowest BCUT2D eigenvalue weighted by atomic mass is 10.2. The number of nitrogens with zero attached hydrogens (tertiary/aromatic N) is 1. The zero-order valence-corrected chi connectivity index (χ0v) is 9.69. The Labute approximate surface area is 95.0 Å². The van der Waals surface area contributed by atoms with Gasteiger partial charge in [0.1, 0.15) is 5.75 Å². The van der Waals surface area contributed by atoms with Crippen LogP contribution in [0.5, 0.6) is 5.75 Å². The van der Waals surface area contributed by atoms with Crippen molar-refractivity contribution in [1.29, 1.82) is 0 Å². The molecule has 0 amide bonds. The number of fused-ring (bicyclic) bond motifs is 1. The van der Waals surface area contributed by atoms with Crippen molar-refractivity contribution in [3.63, 3.8) is 0 Å². The summed E-state index contributed by atoms with van der Waals surface area (Å²) in [7, 11) is 1.62. The third-order valence-corrected chi connectivity index (χ3v) is 2.87. The largest absolute Gasteiger partial charge is 0.619 e. The number of hydrogen-bond donors (Lipinski definition) is 0. The molecule has 0 N–H and O–H groups in total. The van der Waals surface area contributed by atoms with Crippen molar-refractivity contribution >= 4 is 33.4 Å². The quantitative estimate of drug-likeness (QED) is 0.459. The van der Waals surface area contributed by atoms with E-state index in [1.807, 2.05) is 12.1 Å². The van der Waals surface area contributed by atoms with Crippen LogP contribution in [0.1, 0.15) is 0 Å². The van der Waals surface area contributed by atoms with E-state index in [9.17, 15) is 5.21 Å². The van der Waals surface area contributed by atoms with Gasteiger partial charge in [-0.1, -0.05) is 0 Å². The Morgan fingerprint density at radius 2 is 2.14 bits per heavy atom. The van der Waals surface area contributed by atoms with Crippen molar-refractivity contribution in [2.75, 3.05) is 7.11 Å². The molecule has 0 aliphatic heterocycles. The highest BCUT2D eigenvalue weighted by Crippen LogP contribution is 2.25. The van der Waals surface area contributed by atoms with Gasteiger partial charge in [-0.3, -0.25) is 0 Å². The van der Waals surface area contributed by atoms with Crippen molar-refractivity contribution in [2.24, 2.45) is 0 Å². The van der Waals surface area contributed by atoms with Crippen LogP contribution in [0.4, 0.5) is 0 Å². The molecule has 0 aliphatic rings. The molecule has 0 saturated carbocycles. The van der Waals surface area contributed by atoms with Gasteiger partial charge < -0.3 is 9.94 Å². The van der Waals surface area contributed by atoms with E-state index in [1.165, 1.54) is 12.4 Å². The van der Waals surface area contributed by atoms with Gasteiger partial charge >= 0.3 is 0 Å². The maximum Gasteiger partial charge on any atom is 0.188 e. The van der Waals surface area contributed by atoms with Crippen LogP contribution in [0.15, 0.2) is 30.6 Å². The van der Waals surface area contributed by atoms with Crippen molar-refractivity contribution < 1.29 is 9.47 Å². The molecule has 0 saturated heterocycles. The fourth-order valence-electron chi connectivity index (χ4n) is 1.33. The summed E-state index contributed by atoms with van der Waals surface area (Å²) in [6, 6.07) is 5.66. The first kappa shape index (κ1) is 9.51. The lowest BCUT2D eigenvalue weighted by Crippen LogP contribution is -2.23. The van der Waals surface area contributed by atoms with Crippen molar-refractivity contribution in [2.45, 2.75) is 0 Å². The Bertz CT molecular complexity index is 485. The van der Waals surface area contributed by atoms with E-state index in [-0.39, 0.29) is 0 Å².